The summed E-state index contributed by atoms with van der Waals surface area (Å²) in [6, 6.07) is 22.0. The number of benzene rings is 2. The number of hydrogen-bond donors (Lipinski definition) is 2. The lowest BCUT2D eigenvalue weighted by Gasteiger charge is -2.34. The Hall–Kier alpha value is -3.51. The highest BCUT2D eigenvalue weighted by Crippen LogP contribution is 2.21. The standard InChI is InChI=1S/C26H28N4O2/c1-19-6-5-13-27-23(19)17-29-25(31)16-24-26(32)28-14-15-30(24)18-20-9-11-22(12-10-20)21-7-3-2-4-8-21/h2-13,24H,14-18H2,1H3,(H,28,32)(H,29,31)/t24-/m0/s1. The zero-order valence-corrected chi connectivity index (χ0v) is 18.3. The van der Waals surface area contributed by atoms with Crippen LogP contribution in [-0.4, -0.2) is 40.8 Å². The quantitative estimate of drug-likeness (QED) is 0.607. The summed E-state index contributed by atoms with van der Waals surface area (Å²) in [7, 11) is 0. The highest BCUT2D eigenvalue weighted by atomic mass is 16.2. The van der Waals surface area contributed by atoms with E-state index in [2.05, 4.69) is 56.9 Å². The third kappa shape index (κ3) is 5.39. The first-order valence-electron chi connectivity index (χ1n) is 10.9. The van der Waals surface area contributed by atoms with Crippen LogP contribution in [0.15, 0.2) is 72.9 Å². The van der Waals surface area contributed by atoms with Gasteiger partial charge in [-0.1, -0.05) is 60.7 Å². The van der Waals surface area contributed by atoms with Gasteiger partial charge in [0.25, 0.3) is 0 Å². The fourth-order valence-corrected chi connectivity index (χ4v) is 3.97. The maximum Gasteiger partial charge on any atom is 0.237 e. The van der Waals surface area contributed by atoms with Crippen LogP contribution < -0.4 is 10.6 Å². The van der Waals surface area contributed by atoms with E-state index in [1.54, 1.807) is 6.20 Å². The average molecular weight is 429 g/mol. The van der Waals surface area contributed by atoms with E-state index in [-0.39, 0.29) is 18.2 Å². The number of carbonyl (C=O) groups is 2. The smallest absolute Gasteiger partial charge is 0.237 e. The summed E-state index contributed by atoms with van der Waals surface area (Å²) in [5, 5.41) is 5.80. The van der Waals surface area contributed by atoms with Crippen molar-refractivity contribution in [2.24, 2.45) is 0 Å². The number of piperazine rings is 1. The van der Waals surface area contributed by atoms with Crippen LogP contribution in [0.2, 0.25) is 0 Å². The fourth-order valence-electron chi connectivity index (χ4n) is 3.97. The van der Waals surface area contributed by atoms with Gasteiger partial charge in [0.15, 0.2) is 0 Å². The van der Waals surface area contributed by atoms with Crippen molar-refractivity contribution < 1.29 is 9.59 Å². The molecule has 164 valence electrons. The van der Waals surface area contributed by atoms with Crippen LogP contribution in [0.25, 0.3) is 11.1 Å². The molecule has 0 aliphatic carbocycles. The van der Waals surface area contributed by atoms with E-state index in [1.165, 1.54) is 5.56 Å². The number of aromatic nitrogens is 1. The molecule has 4 rings (SSSR count). The molecule has 1 aliphatic rings. The second-order valence-electron chi connectivity index (χ2n) is 8.09. The lowest BCUT2D eigenvalue weighted by atomic mass is 10.0. The van der Waals surface area contributed by atoms with Gasteiger partial charge in [-0.25, -0.2) is 0 Å². The molecule has 6 heteroatoms. The molecule has 0 saturated carbocycles. The van der Waals surface area contributed by atoms with E-state index in [0.29, 0.717) is 26.2 Å². The molecule has 2 aromatic carbocycles. The Bertz CT molecular complexity index is 1070. The van der Waals surface area contributed by atoms with E-state index in [4.69, 9.17) is 0 Å². The van der Waals surface area contributed by atoms with Crippen LogP contribution in [0.3, 0.4) is 0 Å². The number of nitrogens with zero attached hydrogens (tertiary/aromatic N) is 2. The second-order valence-corrected chi connectivity index (χ2v) is 8.09. The molecule has 6 nitrogen and oxygen atoms in total. The van der Waals surface area contributed by atoms with E-state index < -0.39 is 6.04 Å². The van der Waals surface area contributed by atoms with Crippen molar-refractivity contribution in [3.8, 4) is 11.1 Å². The van der Waals surface area contributed by atoms with Gasteiger partial charge >= 0.3 is 0 Å². The van der Waals surface area contributed by atoms with Gasteiger partial charge in [-0.15, -0.1) is 0 Å². The summed E-state index contributed by atoms with van der Waals surface area (Å²) in [6.45, 7) is 4.25. The Balaban J connectivity index is 1.38. The summed E-state index contributed by atoms with van der Waals surface area (Å²) < 4.78 is 0. The summed E-state index contributed by atoms with van der Waals surface area (Å²) in [5.74, 6) is -0.247. The monoisotopic (exact) mass is 428 g/mol. The predicted octanol–water partition coefficient (Wildman–Crippen LogP) is 3.06. The molecule has 1 saturated heterocycles. The van der Waals surface area contributed by atoms with Gasteiger partial charge in [0.1, 0.15) is 0 Å². The number of aryl methyl sites for hydroxylation is 1. The Labute approximate surface area is 188 Å². The van der Waals surface area contributed by atoms with Crippen LogP contribution in [0, 0.1) is 6.92 Å². The SMILES string of the molecule is Cc1cccnc1CNC(=O)C[C@H]1C(=O)NCCN1Cc1ccc(-c2ccccc2)cc1. The van der Waals surface area contributed by atoms with Crippen molar-refractivity contribution in [3.05, 3.63) is 89.7 Å². The minimum Gasteiger partial charge on any atom is -0.353 e. The molecule has 0 radical (unpaired) electrons. The van der Waals surface area contributed by atoms with Gasteiger partial charge in [0.05, 0.1) is 24.7 Å². The molecule has 0 spiro atoms. The zero-order valence-electron chi connectivity index (χ0n) is 18.3. The van der Waals surface area contributed by atoms with Crippen LogP contribution in [0.1, 0.15) is 23.2 Å². The summed E-state index contributed by atoms with van der Waals surface area (Å²) in [6.07, 6.45) is 1.84. The van der Waals surface area contributed by atoms with Gasteiger partial charge in [0, 0.05) is 25.8 Å². The van der Waals surface area contributed by atoms with Crippen molar-refractivity contribution in [2.75, 3.05) is 13.1 Å². The summed E-state index contributed by atoms with van der Waals surface area (Å²) >= 11 is 0. The van der Waals surface area contributed by atoms with Crippen LogP contribution >= 0.6 is 0 Å². The number of hydrogen-bond acceptors (Lipinski definition) is 4. The zero-order chi connectivity index (χ0) is 22.3. The molecule has 32 heavy (non-hydrogen) atoms. The van der Waals surface area contributed by atoms with Gasteiger partial charge in [-0.3, -0.25) is 19.5 Å². The van der Waals surface area contributed by atoms with E-state index >= 15 is 0 Å². The normalized spacial score (nSPS) is 16.4. The Morgan fingerprint density at radius 3 is 2.56 bits per heavy atom. The second kappa shape index (κ2) is 10.2. The minimum atomic E-state index is -0.484. The molecule has 1 atom stereocenters. The van der Waals surface area contributed by atoms with Gasteiger partial charge in [-0.2, -0.15) is 0 Å². The molecule has 1 aromatic heterocycles. The summed E-state index contributed by atoms with van der Waals surface area (Å²) in [5.41, 5.74) is 5.32. The minimum absolute atomic E-state index is 0.0960. The van der Waals surface area contributed by atoms with Crippen LogP contribution in [0.4, 0.5) is 0 Å². The molecule has 2 N–H and O–H groups in total. The molecule has 2 heterocycles. The number of carbonyl (C=O) groups excluding carboxylic acids is 2. The topological polar surface area (TPSA) is 74.3 Å². The van der Waals surface area contributed by atoms with Gasteiger partial charge in [-0.05, 0) is 35.2 Å². The first kappa shape index (κ1) is 21.7. The molecule has 3 aromatic rings. The predicted molar refractivity (Wildman–Crippen MR) is 125 cm³/mol. The lowest BCUT2D eigenvalue weighted by molar-refractivity contribution is -0.134. The molecule has 0 unspecified atom stereocenters. The largest absolute Gasteiger partial charge is 0.353 e. The Morgan fingerprint density at radius 2 is 1.81 bits per heavy atom. The molecular weight excluding hydrogens is 400 g/mol. The third-order valence-electron chi connectivity index (χ3n) is 5.84. The first-order valence-corrected chi connectivity index (χ1v) is 10.9. The third-order valence-corrected chi connectivity index (χ3v) is 5.84. The van der Waals surface area contributed by atoms with Crippen LogP contribution in [0.5, 0.6) is 0 Å². The average Bonchev–Trinajstić information content (AvgIpc) is 2.82. The summed E-state index contributed by atoms with van der Waals surface area (Å²) in [4.78, 5) is 31.5. The number of pyridine rings is 1. The van der Waals surface area contributed by atoms with Crippen molar-refractivity contribution in [1.29, 1.82) is 0 Å². The molecule has 2 amide bonds. The Morgan fingerprint density at radius 1 is 1.06 bits per heavy atom. The van der Waals surface area contributed by atoms with Crippen LogP contribution in [-0.2, 0) is 22.7 Å². The number of amides is 2. The van der Waals surface area contributed by atoms with Crippen molar-refractivity contribution in [1.82, 2.24) is 20.5 Å². The maximum absolute atomic E-state index is 12.6. The highest BCUT2D eigenvalue weighted by molar-refractivity contribution is 5.88. The molecule has 1 aliphatic heterocycles. The van der Waals surface area contributed by atoms with Gasteiger partial charge < -0.3 is 10.6 Å². The lowest BCUT2D eigenvalue weighted by Crippen LogP contribution is -2.56. The van der Waals surface area contributed by atoms with E-state index in [1.807, 2.05) is 37.3 Å². The molecule has 0 bridgehead atoms. The van der Waals surface area contributed by atoms with Crippen molar-refractivity contribution >= 4 is 11.8 Å². The number of nitrogens with one attached hydrogen (secondary N) is 2. The van der Waals surface area contributed by atoms with Crippen molar-refractivity contribution in [3.63, 3.8) is 0 Å². The maximum atomic E-state index is 12.6. The van der Waals surface area contributed by atoms with Gasteiger partial charge in [0.2, 0.25) is 11.8 Å². The van der Waals surface area contributed by atoms with Crippen molar-refractivity contribution in [2.45, 2.75) is 32.5 Å². The fraction of sp³-hybridized carbons (Fsp3) is 0.269. The molecule has 1 fully saturated rings. The Kier molecular flexibility index (Phi) is 6.92. The first-order chi connectivity index (χ1) is 15.6. The molecular formula is C26H28N4O2. The van der Waals surface area contributed by atoms with E-state index in [9.17, 15) is 9.59 Å². The number of rotatable bonds is 7. The van der Waals surface area contributed by atoms with E-state index in [0.717, 1.165) is 22.4 Å². The highest BCUT2D eigenvalue weighted by Gasteiger charge is 2.31.